The maximum atomic E-state index is 12.6. The Morgan fingerprint density at radius 1 is 0.846 bits per heavy atom. The third-order valence-electron chi connectivity index (χ3n) is 4.79. The Hall–Kier alpha value is -3.11. The van der Waals surface area contributed by atoms with Crippen LogP contribution < -0.4 is 15.8 Å². The number of nitrogens with zero attached hydrogens (tertiary/aromatic N) is 1. The van der Waals surface area contributed by atoms with Crippen LogP contribution >= 0.6 is 0 Å². The van der Waals surface area contributed by atoms with Gasteiger partial charge in [-0.2, -0.15) is 0 Å². The van der Waals surface area contributed by atoms with Crippen LogP contribution in [0.5, 0.6) is 0 Å². The molecule has 1 aliphatic rings. The van der Waals surface area contributed by atoms with E-state index >= 15 is 0 Å². The van der Waals surface area contributed by atoms with Crippen LogP contribution in [0.15, 0.2) is 72.8 Å². The van der Waals surface area contributed by atoms with Gasteiger partial charge in [-0.3, -0.25) is 10.2 Å². The molecule has 0 bridgehead atoms. The second kappa shape index (κ2) is 6.65. The number of nitrogens with one attached hydrogen (secondary N) is 2. The smallest absolute Gasteiger partial charge is 0.265 e. The van der Waals surface area contributed by atoms with Crippen molar-refractivity contribution in [3.63, 3.8) is 0 Å². The minimum Gasteiger partial charge on any atom is -0.378 e. The third-order valence-corrected chi connectivity index (χ3v) is 4.79. The molecule has 4 nitrogen and oxygen atoms in total. The highest BCUT2D eigenvalue weighted by Gasteiger charge is 2.28. The van der Waals surface area contributed by atoms with Gasteiger partial charge in [0.25, 0.3) is 5.91 Å². The molecule has 0 aromatic heterocycles. The van der Waals surface area contributed by atoms with Gasteiger partial charge in [-0.25, -0.2) is 5.43 Å². The molecule has 0 saturated carbocycles. The van der Waals surface area contributed by atoms with Crippen molar-refractivity contribution in [2.75, 3.05) is 19.0 Å². The lowest BCUT2D eigenvalue weighted by Crippen LogP contribution is -2.39. The lowest BCUT2D eigenvalue weighted by Gasteiger charge is -2.17. The van der Waals surface area contributed by atoms with Crippen LogP contribution in [0.1, 0.15) is 27.5 Å². The van der Waals surface area contributed by atoms with Crippen molar-refractivity contribution >= 4 is 11.6 Å². The average Bonchev–Trinajstić information content (AvgIpc) is 3.00. The number of amides is 1. The van der Waals surface area contributed by atoms with Gasteiger partial charge in [-0.05, 0) is 40.5 Å². The number of hydrogen-bond donors (Lipinski definition) is 2. The molecule has 0 aliphatic heterocycles. The van der Waals surface area contributed by atoms with Gasteiger partial charge in [0.15, 0.2) is 0 Å². The van der Waals surface area contributed by atoms with Gasteiger partial charge < -0.3 is 4.90 Å². The van der Waals surface area contributed by atoms with Crippen LogP contribution in [-0.2, 0) is 0 Å². The average molecular weight is 343 g/mol. The van der Waals surface area contributed by atoms with Gasteiger partial charge in [0.2, 0.25) is 0 Å². The third kappa shape index (κ3) is 2.85. The van der Waals surface area contributed by atoms with E-state index in [0.717, 1.165) is 5.69 Å². The number of anilines is 1. The first-order chi connectivity index (χ1) is 12.6. The van der Waals surface area contributed by atoms with Crippen molar-refractivity contribution in [2.45, 2.75) is 6.04 Å². The van der Waals surface area contributed by atoms with E-state index in [2.05, 4.69) is 35.1 Å². The molecular formula is C22H21N3O. The molecule has 0 unspecified atom stereocenters. The highest BCUT2D eigenvalue weighted by atomic mass is 16.2. The molecular weight excluding hydrogens is 322 g/mol. The summed E-state index contributed by atoms with van der Waals surface area (Å²) in [5.41, 5.74) is 12.5. The molecule has 0 saturated heterocycles. The number of benzene rings is 3. The fraction of sp³-hybridized carbons (Fsp3) is 0.136. The zero-order valence-electron chi connectivity index (χ0n) is 14.9. The molecule has 0 atom stereocenters. The SMILES string of the molecule is CN(C)c1cccc(C(=O)NNC2c3ccccc3-c3ccccc32)c1. The first-order valence-corrected chi connectivity index (χ1v) is 8.66. The summed E-state index contributed by atoms with van der Waals surface area (Å²) in [4.78, 5) is 14.6. The molecule has 26 heavy (non-hydrogen) atoms. The quantitative estimate of drug-likeness (QED) is 0.709. The van der Waals surface area contributed by atoms with Gasteiger partial charge in [-0.15, -0.1) is 0 Å². The Balaban J connectivity index is 1.57. The van der Waals surface area contributed by atoms with Gasteiger partial charge in [-0.1, -0.05) is 54.6 Å². The molecule has 3 aromatic rings. The van der Waals surface area contributed by atoms with E-state index in [-0.39, 0.29) is 11.9 Å². The van der Waals surface area contributed by atoms with Crippen LogP contribution in [0.2, 0.25) is 0 Å². The Morgan fingerprint density at radius 2 is 1.46 bits per heavy atom. The van der Waals surface area contributed by atoms with Crippen molar-refractivity contribution in [1.29, 1.82) is 0 Å². The number of carbonyl (C=O) groups is 1. The summed E-state index contributed by atoms with van der Waals surface area (Å²) < 4.78 is 0. The van der Waals surface area contributed by atoms with Crippen molar-refractivity contribution in [2.24, 2.45) is 0 Å². The van der Waals surface area contributed by atoms with Gasteiger partial charge in [0, 0.05) is 25.3 Å². The molecule has 0 radical (unpaired) electrons. The molecule has 2 N–H and O–H groups in total. The predicted molar refractivity (Wildman–Crippen MR) is 105 cm³/mol. The number of carbonyl (C=O) groups excluding carboxylic acids is 1. The Morgan fingerprint density at radius 3 is 2.08 bits per heavy atom. The van der Waals surface area contributed by atoms with E-state index in [4.69, 9.17) is 0 Å². The first kappa shape index (κ1) is 16.4. The van der Waals surface area contributed by atoms with E-state index in [1.54, 1.807) is 0 Å². The minimum atomic E-state index is -0.143. The minimum absolute atomic E-state index is 0.0524. The summed E-state index contributed by atoms with van der Waals surface area (Å²) in [5, 5.41) is 0. The monoisotopic (exact) mass is 343 g/mol. The van der Waals surface area contributed by atoms with Crippen LogP contribution in [0.25, 0.3) is 11.1 Å². The number of hydrazine groups is 1. The molecule has 130 valence electrons. The summed E-state index contributed by atoms with van der Waals surface area (Å²) in [6.45, 7) is 0. The van der Waals surface area contributed by atoms with E-state index in [1.165, 1.54) is 22.3 Å². The van der Waals surface area contributed by atoms with Crippen molar-refractivity contribution in [3.8, 4) is 11.1 Å². The molecule has 3 aromatic carbocycles. The van der Waals surface area contributed by atoms with Crippen molar-refractivity contribution in [1.82, 2.24) is 10.9 Å². The van der Waals surface area contributed by atoms with Crippen LogP contribution in [0.4, 0.5) is 5.69 Å². The maximum Gasteiger partial charge on any atom is 0.265 e. The van der Waals surface area contributed by atoms with E-state index in [1.807, 2.05) is 67.5 Å². The summed E-state index contributed by atoms with van der Waals surface area (Å²) in [5.74, 6) is -0.143. The van der Waals surface area contributed by atoms with E-state index < -0.39 is 0 Å². The van der Waals surface area contributed by atoms with Crippen LogP contribution in [0, 0.1) is 0 Å². The lowest BCUT2D eigenvalue weighted by molar-refractivity contribution is 0.0928. The van der Waals surface area contributed by atoms with Crippen molar-refractivity contribution in [3.05, 3.63) is 89.5 Å². The Labute approximate surface area is 153 Å². The van der Waals surface area contributed by atoms with E-state index in [0.29, 0.717) is 5.56 Å². The standard InChI is InChI=1S/C22H21N3O/c1-25(2)16-9-7-8-15(14-16)22(26)24-23-21-19-12-5-3-10-17(19)18-11-4-6-13-20(18)21/h3-14,21,23H,1-2H3,(H,24,26). The fourth-order valence-electron chi connectivity index (χ4n) is 3.45. The summed E-state index contributed by atoms with van der Waals surface area (Å²) in [7, 11) is 3.92. The van der Waals surface area contributed by atoms with Crippen LogP contribution in [-0.4, -0.2) is 20.0 Å². The molecule has 4 rings (SSSR count). The van der Waals surface area contributed by atoms with E-state index in [9.17, 15) is 4.79 Å². The summed E-state index contributed by atoms with van der Waals surface area (Å²) >= 11 is 0. The van der Waals surface area contributed by atoms with Crippen LogP contribution in [0.3, 0.4) is 0 Å². The normalized spacial score (nSPS) is 12.4. The largest absolute Gasteiger partial charge is 0.378 e. The molecule has 1 amide bonds. The second-order valence-electron chi connectivity index (χ2n) is 6.65. The van der Waals surface area contributed by atoms with Gasteiger partial charge in [0.1, 0.15) is 0 Å². The zero-order valence-corrected chi connectivity index (χ0v) is 14.9. The molecule has 4 heteroatoms. The van der Waals surface area contributed by atoms with Gasteiger partial charge >= 0.3 is 0 Å². The highest BCUT2D eigenvalue weighted by Crippen LogP contribution is 2.42. The van der Waals surface area contributed by atoms with Crippen molar-refractivity contribution < 1.29 is 4.79 Å². The predicted octanol–water partition coefficient (Wildman–Crippen LogP) is 3.76. The fourth-order valence-corrected chi connectivity index (χ4v) is 3.45. The summed E-state index contributed by atoms with van der Waals surface area (Å²) in [6, 6.07) is 24.1. The maximum absolute atomic E-state index is 12.6. The second-order valence-corrected chi connectivity index (χ2v) is 6.65. The Kier molecular flexibility index (Phi) is 4.19. The molecule has 0 fully saturated rings. The highest BCUT2D eigenvalue weighted by molar-refractivity contribution is 5.95. The molecule has 0 heterocycles. The zero-order chi connectivity index (χ0) is 18.1. The number of hydrogen-bond acceptors (Lipinski definition) is 3. The Bertz CT molecular complexity index is 919. The topological polar surface area (TPSA) is 44.4 Å². The van der Waals surface area contributed by atoms with Gasteiger partial charge in [0.05, 0.1) is 6.04 Å². The molecule has 1 aliphatic carbocycles. The molecule has 0 spiro atoms. The number of rotatable bonds is 4. The summed E-state index contributed by atoms with van der Waals surface area (Å²) in [6.07, 6.45) is 0. The first-order valence-electron chi connectivity index (χ1n) is 8.66. The lowest BCUT2D eigenvalue weighted by atomic mass is 10.1. The number of fused-ring (bicyclic) bond motifs is 3.